The molecule has 0 aromatic heterocycles. The van der Waals surface area contributed by atoms with Crippen LogP contribution in [0.25, 0.3) is 0 Å². The van der Waals surface area contributed by atoms with Crippen molar-refractivity contribution in [2.24, 2.45) is 5.73 Å². The summed E-state index contributed by atoms with van der Waals surface area (Å²) in [6, 6.07) is 19.0. The van der Waals surface area contributed by atoms with Crippen molar-refractivity contribution in [1.82, 2.24) is 0 Å². The fraction of sp³-hybridized carbons (Fsp3) is 0.200. The smallest absolute Gasteiger partial charge is 0.0175 e. The van der Waals surface area contributed by atoms with Gasteiger partial charge in [-0.25, -0.2) is 0 Å². The molecule has 0 saturated heterocycles. The van der Waals surface area contributed by atoms with Crippen LogP contribution >= 0.6 is 27.7 Å². The van der Waals surface area contributed by atoms with Crippen molar-refractivity contribution < 1.29 is 0 Å². The zero-order valence-corrected chi connectivity index (χ0v) is 12.5. The molecule has 0 aliphatic heterocycles. The first-order valence-corrected chi connectivity index (χ1v) is 7.70. The molecule has 0 amide bonds. The van der Waals surface area contributed by atoms with E-state index in [1.165, 1.54) is 10.5 Å². The van der Waals surface area contributed by atoms with E-state index in [1.807, 2.05) is 17.8 Å². The Bertz CT molecular complexity index is 470. The van der Waals surface area contributed by atoms with Crippen LogP contribution in [0.3, 0.4) is 0 Å². The molecule has 0 saturated carbocycles. The van der Waals surface area contributed by atoms with Crippen LogP contribution in [-0.2, 0) is 6.42 Å². The molecule has 0 aliphatic carbocycles. The lowest BCUT2D eigenvalue weighted by Gasteiger charge is -2.11. The topological polar surface area (TPSA) is 26.0 Å². The van der Waals surface area contributed by atoms with E-state index in [0.29, 0.717) is 0 Å². The summed E-state index contributed by atoms with van der Waals surface area (Å²) >= 11 is 5.25. The van der Waals surface area contributed by atoms with E-state index >= 15 is 0 Å². The van der Waals surface area contributed by atoms with E-state index in [1.54, 1.807) is 0 Å². The maximum Gasteiger partial charge on any atom is 0.0175 e. The van der Waals surface area contributed by atoms with Gasteiger partial charge < -0.3 is 5.73 Å². The van der Waals surface area contributed by atoms with E-state index in [-0.39, 0.29) is 6.04 Å². The Labute approximate surface area is 121 Å². The van der Waals surface area contributed by atoms with E-state index < -0.39 is 0 Å². The van der Waals surface area contributed by atoms with Crippen LogP contribution < -0.4 is 5.73 Å². The molecular weight excluding hydrogens is 306 g/mol. The predicted molar refractivity (Wildman–Crippen MR) is 83.0 cm³/mol. The van der Waals surface area contributed by atoms with Crippen molar-refractivity contribution in [1.29, 1.82) is 0 Å². The summed E-state index contributed by atoms with van der Waals surface area (Å²) < 4.78 is 1.11. The Balaban J connectivity index is 1.82. The molecule has 0 radical (unpaired) electrons. The first kappa shape index (κ1) is 13.7. The van der Waals surface area contributed by atoms with Crippen LogP contribution in [0.2, 0.25) is 0 Å². The number of halogens is 1. The van der Waals surface area contributed by atoms with Crippen molar-refractivity contribution in [3.8, 4) is 0 Å². The monoisotopic (exact) mass is 321 g/mol. The summed E-state index contributed by atoms with van der Waals surface area (Å²) in [6.45, 7) is 0. The van der Waals surface area contributed by atoms with Crippen molar-refractivity contribution in [3.05, 3.63) is 64.6 Å². The average molecular weight is 322 g/mol. The molecule has 3 heteroatoms. The minimum Gasteiger partial charge on any atom is -0.327 e. The van der Waals surface area contributed by atoms with Crippen LogP contribution in [0, 0.1) is 0 Å². The molecular formula is C15H16BrNS. The summed E-state index contributed by atoms with van der Waals surface area (Å²) in [5, 5.41) is 0. The summed E-state index contributed by atoms with van der Waals surface area (Å²) in [4.78, 5) is 1.28. The van der Waals surface area contributed by atoms with Gasteiger partial charge in [-0.3, -0.25) is 0 Å². The Morgan fingerprint density at radius 2 is 1.67 bits per heavy atom. The highest BCUT2D eigenvalue weighted by atomic mass is 79.9. The van der Waals surface area contributed by atoms with Gasteiger partial charge in [0.15, 0.2) is 0 Å². The highest BCUT2D eigenvalue weighted by Gasteiger charge is 2.05. The second kappa shape index (κ2) is 6.98. The third-order valence-electron chi connectivity index (χ3n) is 2.62. The van der Waals surface area contributed by atoms with Crippen molar-refractivity contribution >= 4 is 27.7 Å². The summed E-state index contributed by atoms with van der Waals surface area (Å²) in [6.07, 6.45) is 0.924. The van der Waals surface area contributed by atoms with Gasteiger partial charge in [-0.05, 0) is 36.2 Å². The molecule has 18 heavy (non-hydrogen) atoms. The Morgan fingerprint density at radius 3 is 2.33 bits per heavy atom. The van der Waals surface area contributed by atoms with E-state index in [2.05, 4.69) is 64.5 Å². The fourth-order valence-electron chi connectivity index (χ4n) is 1.70. The molecule has 0 fully saturated rings. The van der Waals surface area contributed by atoms with Crippen molar-refractivity contribution in [2.45, 2.75) is 17.4 Å². The quantitative estimate of drug-likeness (QED) is 0.838. The first-order chi connectivity index (χ1) is 8.74. The zero-order chi connectivity index (χ0) is 12.8. The minimum absolute atomic E-state index is 0.191. The van der Waals surface area contributed by atoms with Crippen molar-refractivity contribution in [3.63, 3.8) is 0 Å². The maximum absolute atomic E-state index is 6.16. The Morgan fingerprint density at radius 1 is 1.00 bits per heavy atom. The molecule has 0 heterocycles. The molecule has 0 aliphatic rings. The number of hydrogen-bond acceptors (Lipinski definition) is 2. The molecule has 2 N–H and O–H groups in total. The SMILES string of the molecule is NC(CSc1ccccc1)Cc1ccc(Br)cc1. The highest BCUT2D eigenvalue weighted by molar-refractivity contribution is 9.10. The van der Waals surface area contributed by atoms with Crippen molar-refractivity contribution in [2.75, 3.05) is 5.75 Å². The first-order valence-electron chi connectivity index (χ1n) is 5.92. The maximum atomic E-state index is 6.16. The second-order valence-corrected chi connectivity index (χ2v) is 6.22. The van der Waals surface area contributed by atoms with Gasteiger partial charge in [-0.1, -0.05) is 46.3 Å². The minimum atomic E-state index is 0.191. The van der Waals surface area contributed by atoms with Crippen LogP contribution in [0.15, 0.2) is 64.0 Å². The van der Waals surface area contributed by atoms with Crippen LogP contribution in [0.1, 0.15) is 5.56 Å². The third-order valence-corrected chi connectivity index (χ3v) is 4.35. The highest BCUT2D eigenvalue weighted by Crippen LogP contribution is 2.19. The summed E-state index contributed by atoms with van der Waals surface area (Å²) in [5.74, 6) is 0.945. The predicted octanol–water partition coefficient (Wildman–Crippen LogP) is 4.11. The number of hydrogen-bond donors (Lipinski definition) is 1. The molecule has 2 aromatic carbocycles. The molecule has 1 unspecified atom stereocenters. The van der Waals surface area contributed by atoms with Gasteiger partial charge in [-0.15, -0.1) is 11.8 Å². The lowest BCUT2D eigenvalue weighted by atomic mass is 10.1. The molecule has 0 spiro atoms. The molecule has 2 rings (SSSR count). The third kappa shape index (κ3) is 4.48. The Kier molecular flexibility index (Phi) is 5.29. The summed E-state index contributed by atoms with van der Waals surface area (Å²) in [7, 11) is 0. The standard InChI is InChI=1S/C15H16BrNS/c16-13-8-6-12(7-9-13)10-14(17)11-18-15-4-2-1-3-5-15/h1-9,14H,10-11,17H2. The molecule has 1 atom stereocenters. The van der Waals surface area contributed by atoms with Gasteiger partial charge in [0.05, 0.1) is 0 Å². The normalized spacial score (nSPS) is 12.3. The number of rotatable bonds is 5. The molecule has 94 valence electrons. The number of nitrogens with two attached hydrogens (primary N) is 1. The lowest BCUT2D eigenvalue weighted by Crippen LogP contribution is -2.25. The van der Waals surface area contributed by atoms with Crippen LogP contribution in [0.5, 0.6) is 0 Å². The fourth-order valence-corrected chi connectivity index (χ4v) is 2.84. The lowest BCUT2D eigenvalue weighted by molar-refractivity contribution is 0.748. The Hall–Kier alpha value is -0.770. The molecule has 0 bridgehead atoms. The van der Waals surface area contributed by atoms with E-state index in [9.17, 15) is 0 Å². The van der Waals surface area contributed by atoms with E-state index in [0.717, 1.165) is 16.6 Å². The van der Waals surface area contributed by atoms with Gasteiger partial charge in [-0.2, -0.15) is 0 Å². The van der Waals surface area contributed by atoms with E-state index in [4.69, 9.17) is 5.73 Å². The zero-order valence-electron chi connectivity index (χ0n) is 10.1. The summed E-state index contributed by atoms with van der Waals surface area (Å²) in [5.41, 5.74) is 7.45. The second-order valence-electron chi connectivity index (χ2n) is 4.21. The van der Waals surface area contributed by atoms with Gasteiger partial charge in [0.1, 0.15) is 0 Å². The largest absolute Gasteiger partial charge is 0.327 e. The van der Waals surface area contributed by atoms with Gasteiger partial charge >= 0.3 is 0 Å². The van der Waals surface area contributed by atoms with Gasteiger partial charge in [0.2, 0.25) is 0 Å². The number of benzene rings is 2. The van der Waals surface area contributed by atoms with Gasteiger partial charge in [0, 0.05) is 21.2 Å². The van der Waals surface area contributed by atoms with Crippen LogP contribution in [0.4, 0.5) is 0 Å². The molecule has 2 aromatic rings. The molecule has 1 nitrogen and oxygen atoms in total. The van der Waals surface area contributed by atoms with Crippen LogP contribution in [-0.4, -0.2) is 11.8 Å². The average Bonchev–Trinajstić information content (AvgIpc) is 2.40. The number of thioether (sulfide) groups is 1. The van der Waals surface area contributed by atoms with Gasteiger partial charge in [0.25, 0.3) is 0 Å².